The van der Waals surface area contributed by atoms with Crippen LogP contribution in [0.5, 0.6) is 0 Å². The molecule has 0 aliphatic rings. The molecule has 1 amide bonds. The molecule has 0 aromatic carbocycles. The number of hydrogen-bond donors (Lipinski definition) is 1. The summed E-state index contributed by atoms with van der Waals surface area (Å²) in [5, 5.41) is 5.39. The first-order valence-corrected chi connectivity index (χ1v) is 7.55. The molecule has 0 aliphatic carbocycles. The summed E-state index contributed by atoms with van der Waals surface area (Å²) >= 11 is 1.71. The summed E-state index contributed by atoms with van der Waals surface area (Å²) in [6.07, 6.45) is 1.55. The number of carbonyl (C=O) groups is 1. The third-order valence-corrected chi connectivity index (χ3v) is 3.64. The maximum absolute atomic E-state index is 12.0. The predicted octanol–water partition coefficient (Wildman–Crippen LogP) is 2.87. The van der Waals surface area contributed by atoms with Gasteiger partial charge in [0.1, 0.15) is 0 Å². The van der Waals surface area contributed by atoms with Gasteiger partial charge in [0.15, 0.2) is 0 Å². The van der Waals surface area contributed by atoms with Crippen LogP contribution < -0.4 is 5.32 Å². The summed E-state index contributed by atoms with van der Waals surface area (Å²) in [5.74, 6) is 0.261. The lowest BCUT2D eigenvalue weighted by molar-refractivity contribution is -0.131. The summed E-state index contributed by atoms with van der Waals surface area (Å²) < 4.78 is 0. The Kier molecular flexibility index (Phi) is 6.98. The number of amides is 1. The Morgan fingerprint density at radius 1 is 1.50 bits per heavy atom. The van der Waals surface area contributed by atoms with Crippen LogP contribution in [0.3, 0.4) is 0 Å². The highest BCUT2D eigenvalue weighted by atomic mass is 32.1. The molecule has 0 aliphatic heterocycles. The van der Waals surface area contributed by atoms with Gasteiger partial charge in [0, 0.05) is 23.9 Å². The van der Waals surface area contributed by atoms with Crippen LogP contribution in [-0.2, 0) is 11.3 Å². The first-order valence-electron chi connectivity index (χ1n) is 6.67. The molecule has 102 valence electrons. The van der Waals surface area contributed by atoms with Crippen LogP contribution in [-0.4, -0.2) is 29.9 Å². The largest absolute Gasteiger partial charge is 0.338 e. The van der Waals surface area contributed by atoms with E-state index < -0.39 is 0 Å². The van der Waals surface area contributed by atoms with Crippen molar-refractivity contribution in [1.29, 1.82) is 0 Å². The van der Waals surface area contributed by atoms with Gasteiger partial charge in [0.2, 0.25) is 5.91 Å². The second-order valence-electron chi connectivity index (χ2n) is 4.70. The Morgan fingerprint density at radius 3 is 2.83 bits per heavy atom. The molecule has 0 bridgehead atoms. The van der Waals surface area contributed by atoms with Gasteiger partial charge in [-0.15, -0.1) is 11.3 Å². The van der Waals surface area contributed by atoms with E-state index in [0.29, 0.717) is 12.5 Å². The van der Waals surface area contributed by atoms with E-state index >= 15 is 0 Å². The summed E-state index contributed by atoms with van der Waals surface area (Å²) in [5.41, 5.74) is 0. The van der Waals surface area contributed by atoms with Crippen molar-refractivity contribution in [3.8, 4) is 0 Å². The Balaban J connectivity index is 2.29. The van der Waals surface area contributed by atoms with Crippen LogP contribution in [0.2, 0.25) is 0 Å². The SMILES string of the molecule is CCN(Cc1cccs1)C(=O)CCCNC(C)C. The maximum atomic E-state index is 12.0. The van der Waals surface area contributed by atoms with Gasteiger partial charge in [0.05, 0.1) is 6.54 Å². The third kappa shape index (κ3) is 5.65. The smallest absolute Gasteiger partial charge is 0.222 e. The molecule has 1 rings (SSSR count). The number of hydrogen-bond acceptors (Lipinski definition) is 3. The summed E-state index contributed by atoms with van der Waals surface area (Å²) in [4.78, 5) is 15.2. The molecule has 0 atom stereocenters. The average molecular weight is 268 g/mol. The van der Waals surface area contributed by atoms with E-state index in [0.717, 1.165) is 26.1 Å². The zero-order valence-corrected chi connectivity index (χ0v) is 12.4. The van der Waals surface area contributed by atoms with E-state index in [1.807, 2.05) is 17.9 Å². The van der Waals surface area contributed by atoms with Crippen LogP contribution >= 0.6 is 11.3 Å². The van der Waals surface area contributed by atoms with Gasteiger partial charge in [-0.25, -0.2) is 0 Å². The molecule has 0 radical (unpaired) electrons. The lowest BCUT2D eigenvalue weighted by Gasteiger charge is -2.20. The summed E-state index contributed by atoms with van der Waals surface area (Å²) in [6, 6.07) is 4.61. The second-order valence-corrected chi connectivity index (χ2v) is 5.73. The molecule has 0 unspecified atom stereocenters. The van der Waals surface area contributed by atoms with E-state index in [1.165, 1.54) is 4.88 Å². The first kappa shape index (κ1) is 15.2. The molecule has 1 N–H and O–H groups in total. The molecular formula is C14H24N2OS. The standard InChI is InChI=1S/C14H24N2OS/c1-4-16(11-13-7-6-10-18-13)14(17)8-5-9-15-12(2)3/h6-7,10,12,15H,4-5,8-9,11H2,1-3H3. The zero-order chi connectivity index (χ0) is 13.4. The fraction of sp³-hybridized carbons (Fsp3) is 0.643. The number of nitrogens with zero attached hydrogens (tertiary/aromatic N) is 1. The normalized spacial score (nSPS) is 10.9. The molecule has 3 nitrogen and oxygen atoms in total. The van der Waals surface area contributed by atoms with E-state index in [-0.39, 0.29) is 5.91 Å². The fourth-order valence-corrected chi connectivity index (χ4v) is 2.47. The topological polar surface area (TPSA) is 32.3 Å². The molecular weight excluding hydrogens is 244 g/mol. The van der Waals surface area contributed by atoms with E-state index in [1.54, 1.807) is 11.3 Å². The van der Waals surface area contributed by atoms with E-state index in [9.17, 15) is 4.79 Å². The van der Waals surface area contributed by atoms with Gasteiger partial charge in [-0.2, -0.15) is 0 Å². The highest BCUT2D eigenvalue weighted by Gasteiger charge is 2.12. The maximum Gasteiger partial charge on any atom is 0.222 e. The van der Waals surface area contributed by atoms with Crippen LogP contribution in [0.4, 0.5) is 0 Å². The van der Waals surface area contributed by atoms with Crippen molar-refractivity contribution >= 4 is 17.2 Å². The van der Waals surface area contributed by atoms with Crippen LogP contribution in [0.15, 0.2) is 17.5 Å². The van der Waals surface area contributed by atoms with Crippen LogP contribution in [0.25, 0.3) is 0 Å². The van der Waals surface area contributed by atoms with Gasteiger partial charge in [0.25, 0.3) is 0 Å². The van der Waals surface area contributed by atoms with Crippen molar-refractivity contribution in [1.82, 2.24) is 10.2 Å². The van der Waals surface area contributed by atoms with E-state index in [4.69, 9.17) is 0 Å². The predicted molar refractivity (Wildman–Crippen MR) is 77.8 cm³/mol. The van der Waals surface area contributed by atoms with E-state index in [2.05, 4.69) is 30.6 Å². The van der Waals surface area contributed by atoms with Crippen molar-refractivity contribution in [2.45, 2.75) is 46.2 Å². The first-order chi connectivity index (χ1) is 8.63. The van der Waals surface area contributed by atoms with Crippen LogP contribution in [0.1, 0.15) is 38.5 Å². The molecule has 4 heteroatoms. The molecule has 1 aromatic rings. The highest BCUT2D eigenvalue weighted by Crippen LogP contribution is 2.12. The second kappa shape index (κ2) is 8.27. The Morgan fingerprint density at radius 2 is 2.28 bits per heavy atom. The van der Waals surface area contributed by atoms with Crippen molar-refractivity contribution in [2.24, 2.45) is 0 Å². The lowest BCUT2D eigenvalue weighted by atomic mass is 10.2. The number of carbonyl (C=O) groups excluding carboxylic acids is 1. The minimum absolute atomic E-state index is 0.261. The minimum Gasteiger partial charge on any atom is -0.338 e. The summed E-state index contributed by atoms with van der Waals surface area (Å²) in [7, 11) is 0. The monoisotopic (exact) mass is 268 g/mol. The number of nitrogens with one attached hydrogen (secondary N) is 1. The van der Waals surface area contributed by atoms with Gasteiger partial charge in [-0.1, -0.05) is 19.9 Å². The van der Waals surface area contributed by atoms with Crippen molar-refractivity contribution < 1.29 is 4.79 Å². The van der Waals surface area contributed by atoms with Gasteiger partial charge >= 0.3 is 0 Å². The molecule has 0 fully saturated rings. The summed E-state index contributed by atoms with van der Waals surface area (Å²) in [6.45, 7) is 8.74. The van der Waals surface area contributed by atoms with Gasteiger partial charge in [-0.3, -0.25) is 4.79 Å². The molecule has 1 aromatic heterocycles. The van der Waals surface area contributed by atoms with Crippen LogP contribution in [0, 0.1) is 0 Å². The zero-order valence-electron chi connectivity index (χ0n) is 11.6. The minimum atomic E-state index is 0.261. The highest BCUT2D eigenvalue weighted by molar-refractivity contribution is 7.09. The molecule has 0 saturated carbocycles. The molecule has 1 heterocycles. The fourth-order valence-electron chi connectivity index (χ4n) is 1.76. The molecule has 0 saturated heterocycles. The number of thiophene rings is 1. The number of rotatable bonds is 8. The molecule has 0 spiro atoms. The van der Waals surface area contributed by atoms with Gasteiger partial charge < -0.3 is 10.2 Å². The van der Waals surface area contributed by atoms with Crippen molar-refractivity contribution in [3.05, 3.63) is 22.4 Å². The van der Waals surface area contributed by atoms with Gasteiger partial charge in [-0.05, 0) is 31.3 Å². The quantitative estimate of drug-likeness (QED) is 0.735. The Bertz CT molecular complexity index is 336. The van der Waals surface area contributed by atoms with Crippen molar-refractivity contribution in [3.63, 3.8) is 0 Å². The average Bonchev–Trinajstić information content (AvgIpc) is 2.84. The van der Waals surface area contributed by atoms with Crippen molar-refractivity contribution in [2.75, 3.05) is 13.1 Å². The third-order valence-electron chi connectivity index (χ3n) is 2.78. The Labute approximate surface area is 114 Å². The molecule has 18 heavy (non-hydrogen) atoms. The lowest BCUT2D eigenvalue weighted by Crippen LogP contribution is -2.31. The Hall–Kier alpha value is -0.870.